The average Bonchev–Trinajstić information content (AvgIpc) is 2.78. The van der Waals surface area contributed by atoms with Gasteiger partial charge in [0.1, 0.15) is 5.82 Å². The Morgan fingerprint density at radius 3 is 2.90 bits per heavy atom. The van der Waals surface area contributed by atoms with Gasteiger partial charge in [-0.15, -0.1) is 11.6 Å². The number of alkyl halides is 1. The summed E-state index contributed by atoms with van der Waals surface area (Å²) >= 11 is 9.75. The molecule has 0 N–H and O–H groups in total. The van der Waals surface area contributed by atoms with Crippen LogP contribution in [0.5, 0.6) is 0 Å². The Balaban J connectivity index is 2.15. The molecule has 6 heteroatoms. The van der Waals surface area contributed by atoms with Gasteiger partial charge in [-0.3, -0.25) is 0 Å². The lowest BCUT2D eigenvalue weighted by Crippen LogP contribution is -2.07. The molecule has 4 nitrogen and oxygen atoms in total. The number of halogens is 2. The van der Waals surface area contributed by atoms with Crippen LogP contribution in [0.1, 0.15) is 23.8 Å². The molecule has 0 fully saturated rings. The van der Waals surface area contributed by atoms with E-state index in [4.69, 9.17) is 11.6 Å². The number of hydrogen-bond donors (Lipinski definition) is 0. The predicted molar refractivity (Wildman–Crippen MR) is 82.8 cm³/mol. The Morgan fingerprint density at radius 2 is 2.20 bits per heavy atom. The fraction of sp³-hybridized carbons (Fsp3) is 0.214. The van der Waals surface area contributed by atoms with E-state index in [1.807, 2.05) is 37.3 Å². The second-order valence-electron chi connectivity index (χ2n) is 4.52. The van der Waals surface area contributed by atoms with Crippen molar-refractivity contribution in [3.8, 4) is 0 Å². The minimum atomic E-state index is -0.169. The maximum Gasteiger partial charge on any atom is 0.128 e. The molecule has 0 aliphatic heterocycles. The Labute approximate surface area is 129 Å². The van der Waals surface area contributed by atoms with E-state index in [0.717, 1.165) is 27.0 Å². The zero-order valence-electron chi connectivity index (χ0n) is 10.8. The molecule has 1 atom stereocenters. The molecular weight excluding hydrogens is 340 g/mol. The lowest BCUT2D eigenvalue weighted by atomic mass is 10.3. The Morgan fingerprint density at radius 1 is 1.35 bits per heavy atom. The SMILES string of the molecule is CC(Cl)c1nc2ccc(Br)cc2n1Cc1cccnn1. The van der Waals surface area contributed by atoms with Gasteiger partial charge in [0.25, 0.3) is 0 Å². The molecular formula is C14H12BrClN4. The maximum absolute atomic E-state index is 6.25. The highest BCUT2D eigenvalue weighted by Gasteiger charge is 2.15. The van der Waals surface area contributed by atoms with Crippen molar-refractivity contribution < 1.29 is 0 Å². The summed E-state index contributed by atoms with van der Waals surface area (Å²) < 4.78 is 3.10. The number of fused-ring (bicyclic) bond motifs is 1. The average molecular weight is 352 g/mol. The number of hydrogen-bond acceptors (Lipinski definition) is 3. The molecule has 0 aliphatic carbocycles. The van der Waals surface area contributed by atoms with Crippen molar-refractivity contribution in [3.63, 3.8) is 0 Å². The van der Waals surface area contributed by atoms with E-state index in [2.05, 4.69) is 35.7 Å². The van der Waals surface area contributed by atoms with Gasteiger partial charge < -0.3 is 4.57 Å². The Hall–Kier alpha value is -1.46. The van der Waals surface area contributed by atoms with Gasteiger partial charge in [0, 0.05) is 10.7 Å². The van der Waals surface area contributed by atoms with E-state index in [9.17, 15) is 0 Å². The van der Waals surface area contributed by atoms with Crippen molar-refractivity contribution in [2.24, 2.45) is 0 Å². The van der Waals surface area contributed by atoms with Crippen LogP contribution in [0, 0.1) is 0 Å². The van der Waals surface area contributed by atoms with Crippen LogP contribution >= 0.6 is 27.5 Å². The lowest BCUT2D eigenvalue weighted by molar-refractivity contribution is 0.715. The summed E-state index contributed by atoms with van der Waals surface area (Å²) in [6.07, 6.45) is 1.66. The molecule has 1 unspecified atom stereocenters. The molecule has 102 valence electrons. The van der Waals surface area contributed by atoms with Gasteiger partial charge in [-0.2, -0.15) is 10.2 Å². The fourth-order valence-electron chi connectivity index (χ4n) is 2.16. The van der Waals surface area contributed by atoms with Crippen LogP contribution in [-0.2, 0) is 6.54 Å². The number of aromatic nitrogens is 4. The first kappa shape index (κ1) is 13.5. The highest BCUT2D eigenvalue weighted by Crippen LogP contribution is 2.27. The summed E-state index contributed by atoms with van der Waals surface area (Å²) in [5.74, 6) is 0.838. The molecule has 2 aromatic heterocycles. The van der Waals surface area contributed by atoms with Crippen molar-refractivity contribution in [2.75, 3.05) is 0 Å². The van der Waals surface area contributed by atoms with Gasteiger partial charge in [-0.05, 0) is 37.3 Å². The maximum atomic E-state index is 6.25. The summed E-state index contributed by atoms with van der Waals surface area (Å²) in [6.45, 7) is 2.53. The molecule has 3 rings (SSSR count). The van der Waals surface area contributed by atoms with Gasteiger partial charge in [-0.1, -0.05) is 15.9 Å². The molecule has 0 saturated heterocycles. The van der Waals surface area contributed by atoms with Gasteiger partial charge in [0.05, 0.1) is 28.6 Å². The minimum Gasteiger partial charge on any atom is -0.321 e. The van der Waals surface area contributed by atoms with Gasteiger partial charge in [0.2, 0.25) is 0 Å². The van der Waals surface area contributed by atoms with Crippen molar-refractivity contribution in [2.45, 2.75) is 18.8 Å². The van der Waals surface area contributed by atoms with E-state index < -0.39 is 0 Å². The highest BCUT2D eigenvalue weighted by molar-refractivity contribution is 9.10. The van der Waals surface area contributed by atoms with Crippen molar-refractivity contribution >= 4 is 38.6 Å². The molecule has 0 aliphatic rings. The normalized spacial score (nSPS) is 12.8. The third-order valence-corrected chi connectivity index (χ3v) is 3.73. The standard InChI is InChI=1S/C14H12BrClN4/c1-9(16)14-18-12-5-4-10(15)7-13(12)20(14)8-11-3-2-6-17-19-11/h2-7,9H,8H2,1H3. The van der Waals surface area contributed by atoms with E-state index in [1.165, 1.54) is 0 Å². The van der Waals surface area contributed by atoms with Gasteiger partial charge >= 0.3 is 0 Å². The second kappa shape index (κ2) is 5.50. The molecule has 0 amide bonds. The molecule has 2 heterocycles. The fourth-order valence-corrected chi connectivity index (χ4v) is 2.68. The quantitative estimate of drug-likeness (QED) is 0.671. The summed E-state index contributed by atoms with van der Waals surface area (Å²) in [4.78, 5) is 4.61. The van der Waals surface area contributed by atoms with Crippen LogP contribution in [-0.4, -0.2) is 19.7 Å². The van der Waals surface area contributed by atoms with E-state index >= 15 is 0 Å². The first-order chi connectivity index (χ1) is 9.65. The lowest BCUT2D eigenvalue weighted by Gasteiger charge is -2.09. The van der Waals surface area contributed by atoms with Crippen molar-refractivity contribution in [1.29, 1.82) is 0 Å². The molecule has 20 heavy (non-hydrogen) atoms. The number of rotatable bonds is 3. The second-order valence-corrected chi connectivity index (χ2v) is 6.09. The van der Waals surface area contributed by atoms with E-state index in [0.29, 0.717) is 6.54 Å². The Bertz CT molecular complexity index is 740. The summed E-state index contributed by atoms with van der Waals surface area (Å²) in [7, 11) is 0. The van der Waals surface area contributed by atoms with Gasteiger partial charge in [0.15, 0.2) is 0 Å². The smallest absolute Gasteiger partial charge is 0.128 e. The third kappa shape index (κ3) is 2.55. The molecule has 0 saturated carbocycles. The summed E-state index contributed by atoms with van der Waals surface area (Å²) in [6, 6.07) is 9.82. The molecule has 0 bridgehead atoms. The highest BCUT2D eigenvalue weighted by atomic mass is 79.9. The summed E-state index contributed by atoms with van der Waals surface area (Å²) in [5.41, 5.74) is 2.84. The van der Waals surface area contributed by atoms with E-state index in [-0.39, 0.29) is 5.38 Å². The third-order valence-electron chi connectivity index (χ3n) is 3.04. The molecule has 1 aromatic carbocycles. The van der Waals surface area contributed by atoms with E-state index in [1.54, 1.807) is 6.20 Å². The zero-order chi connectivity index (χ0) is 14.1. The zero-order valence-corrected chi connectivity index (χ0v) is 13.1. The van der Waals surface area contributed by atoms with Gasteiger partial charge in [-0.25, -0.2) is 4.98 Å². The number of benzene rings is 1. The van der Waals surface area contributed by atoms with Crippen LogP contribution in [0.4, 0.5) is 0 Å². The largest absolute Gasteiger partial charge is 0.321 e. The van der Waals surface area contributed by atoms with Crippen molar-refractivity contribution in [3.05, 3.63) is 52.5 Å². The molecule has 0 radical (unpaired) electrons. The topological polar surface area (TPSA) is 43.6 Å². The first-order valence-electron chi connectivity index (χ1n) is 6.21. The predicted octanol–water partition coefficient (Wildman–Crippen LogP) is 3.94. The van der Waals surface area contributed by atoms with Crippen LogP contribution in [0.15, 0.2) is 41.0 Å². The molecule has 0 spiro atoms. The Kier molecular flexibility index (Phi) is 3.72. The number of nitrogens with zero attached hydrogens (tertiary/aromatic N) is 4. The number of imidazole rings is 1. The van der Waals surface area contributed by atoms with Crippen LogP contribution in [0.25, 0.3) is 11.0 Å². The minimum absolute atomic E-state index is 0.169. The van der Waals surface area contributed by atoms with Crippen LogP contribution in [0.3, 0.4) is 0 Å². The van der Waals surface area contributed by atoms with Crippen molar-refractivity contribution in [1.82, 2.24) is 19.7 Å². The monoisotopic (exact) mass is 350 g/mol. The molecule has 3 aromatic rings. The summed E-state index contributed by atoms with van der Waals surface area (Å²) in [5, 5.41) is 7.87. The first-order valence-corrected chi connectivity index (χ1v) is 7.44. The van der Waals surface area contributed by atoms with Crippen LogP contribution in [0.2, 0.25) is 0 Å². The van der Waals surface area contributed by atoms with Crippen LogP contribution < -0.4 is 0 Å².